The van der Waals surface area contributed by atoms with Crippen molar-refractivity contribution >= 4 is 23.3 Å². The van der Waals surface area contributed by atoms with E-state index in [1.807, 2.05) is 4.90 Å². The van der Waals surface area contributed by atoms with Gasteiger partial charge in [0.25, 0.3) is 0 Å². The molecule has 0 atom stereocenters. The van der Waals surface area contributed by atoms with Gasteiger partial charge in [-0.2, -0.15) is 13.2 Å². The molecule has 1 N–H and O–H groups in total. The number of nitrogens with one attached hydrogen (secondary N) is 1. The number of rotatable bonds is 4. The molecule has 2 heterocycles. The van der Waals surface area contributed by atoms with E-state index in [1.165, 1.54) is 25.7 Å². The van der Waals surface area contributed by atoms with E-state index in [2.05, 4.69) is 15.2 Å². The van der Waals surface area contributed by atoms with Gasteiger partial charge in [-0.1, -0.05) is 37.3 Å². The Hall–Kier alpha value is -1.54. The van der Waals surface area contributed by atoms with Gasteiger partial charge in [0.2, 0.25) is 5.91 Å². The number of aromatic nitrogens is 1. The monoisotopic (exact) mass is 418 g/mol. The van der Waals surface area contributed by atoms with Gasteiger partial charge in [-0.25, -0.2) is 4.98 Å². The minimum absolute atomic E-state index is 0.00520. The van der Waals surface area contributed by atoms with Crippen LogP contribution in [0.1, 0.15) is 44.1 Å². The van der Waals surface area contributed by atoms with Crippen molar-refractivity contribution in [3.63, 3.8) is 0 Å². The van der Waals surface area contributed by atoms with E-state index in [9.17, 15) is 18.0 Å². The summed E-state index contributed by atoms with van der Waals surface area (Å²) in [4.78, 5) is 20.2. The number of hydrogen-bond donors (Lipinski definition) is 1. The molecule has 1 amide bonds. The van der Waals surface area contributed by atoms with Gasteiger partial charge in [0.1, 0.15) is 5.82 Å². The first kappa shape index (κ1) is 21.2. The van der Waals surface area contributed by atoms with E-state index in [1.54, 1.807) is 0 Å². The zero-order valence-corrected chi connectivity index (χ0v) is 16.5. The van der Waals surface area contributed by atoms with Gasteiger partial charge in [-0.15, -0.1) is 0 Å². The van der Waals surface area contributed by atoms with Gasteiger partial charge in [0, 0.05) is 38.4 Å². The zero-order chi connectivity index (χ0) is 20.1. The topological polar surface area (TPSA) is 48.5 Å². The summed E-state index contributed by atoms with van der Waals surface area (Å²) in [7, 11) is 0. The van der Waals surface area contributed by atoms with Gasteiger partial charge in [0.05, 0.1) is 17.1 Å². The first-order chi connectivity index (χ1) is 13.3. The van der Waals surface area contributed by atoms with Crippen molar-refractivity contribution in [1.82, 2.24) is 15.2 Å². The van der Waals surface area contributed by atoms with Gasteiger partial charge in [-0.3, -0.25) is 9.69 Å². The maximum Gasteiger partial charge on any atom is 0.417 e. The second-order valence-corrected chi connectivity index (χ2v) is 7.95. The molecule has 0 unspecified atom stereocenters. The van der Waals surface area contributed by atoms with Crippen LogP contribution in [0.2, 0.25) is 5.02 Å². The Morgan fingerprint density at radius 2 is 1.79 bits per heavy atom. The number of halogens is 4. The Balaban J connectivity index is 1.48. The van der Waals surface area contributed by atoms with Crippen LogP contribution in [0.25, 0.3) is 0 Å². The SMILES string of the molecule is O=C(CN1CCN(c2ncc(C(F)(F)F)cc2Cl)CC1)NC1CCCCCC1. The van der Waals surface area contributed by atoms with Crippen LogP contribution < -0.4 is 10.2 Å². The Kier molecular flexibility index (Phi) is 7.04. The number of piperazine rings is 1. The second kappa shape index (κ2) is 9.31. The number of amides is 1. The first-order valence-corrected chi connectivity index (χ1v) is 10.2. The standard InChI is InChI=1S/C19H26ClF3N4O/c20-16-11-14(19(21,22)23)12-24-18(16)27-9-7-26(8-10-27)13-17(28)25-15-5-3-1-2-4-6-15/h11-12,15H,1-10,13H2,(H,25,28). The predicted octanol–water partition coefficient (Wildman–Crippen LogP) is 3.71. The molecule has 0 spiro atoms. The molecule has 1 saturated heterocycles. The van der Waals surface area contributed by atoms with Crippen LogP contribution in [-0.2, 0) is 11.0 Å². The smallest absolute Gasteiger partial charge is 0.353 e. The van der Waals surface area contributed by atoms with Gasteiger partial charge in [-0.05, 0) is 18.9 Å². The van der Waals surface area contributed by atoms with Crippen molar-refractivity contribution in [2.24, 2.45) is 0 Å². The summed E-state index contributed by atoms with van der Waals surface area (Å²) in [6.45, 7) is 2.75. The molecule has 2 fully saturated rings. The van der Waals surface area contributed by atoms with Crippen LogP contribution in [0.4, 0.5) is 19.0 Å². The van der Waals surface area contributed by atoms with Gasteiger partial charge in [0.15, 0.2) is 0 Å². The fraction of sp³-hybridized carbons (Fsp3) is 0.684. The van der Waals surface area contributed by atoms with E-state index < -0.39 is 11.7 Å². The number of carbonyl (C=O) groups excluding carboxylic acids is 1. The summed E-state index contributed by atoms with van der Waals surface area (Å²) < 4.78 is 38.2. The Labute approximate surface area is 168 Å². The van der Waals surface area contributed by atoms with Crippen molar-refractivity contribution in [2.45, 2.75) is 50.7 Å². The highest BCUT2D eigenvalue weighted by molar-refractivity contribution is 6.33. The van der Waals surface area contributed by atoms with Crippen molar-refractivity contribution in [2.75, 3.05) is 37.6 Å². The molecule has 0 radical (unpaired) electrons. The minimum Gasteiger partial charge on any atom is -0.353 e. The molecule has 0 aromatic carbocycles. The molecule has 1 aliphatic carbocycles. The van der Waals surface area contributed by atoms with E-state index >= 15 is 0 Å². The van der Waals surface area contributed by atoms with E-state index in [0.717, 1.165) is 25.1 Å². The molecule has 2 aliphatic rings. The highest BCUT2D eigenvalue weighted by atomic mass is 35.5. The van der Waals surface area contributed by atoms with Crippen molar-refractivity contribution in [3.8, 4) is 0 Å². The maximum absolute atomic E-state index is 12.7. The lowest BCUT2D eigenvalue weighted by Crippen LogP contribution is -2.50. The summed E-state index contributed by atoms with van der Waals surface area (Å²) >= 11 is 6.03. The Morgan fingerprint density at radius 1 is 1.14 bits per heavy atom. The summed E-state index contributed by atoms with van der Waals surface area (Å²) in [5.41, 5.74) is -0.852. The third kappa shape index (κ3) is 5.73. The molecular formula is C19H26ClF3N4O. The number of nitrogens with zero attached hydrogens (tertiary/aromatic N) is 3. The molecule has 5 nitrogen and oxygen atoms in total. The molecule has 1 saturated carbocycles. The second-order valence-electron chi connectivity index (χ2n) is 7.55. The number of pyridine rings is 1. The van der Waals surface area contributed by atoms with E-state index in [0.29, 0.717) is 38.5 Å². The third-order valence-corrected chi connectivity index (χ3v) is 5.69. The summed E-state index contributed by atoms with van der Waals surface area (Å²) in [5.74, 6) is 0.406. The molecule has 156 valence electrons. The molecule has 28 heavy (non-hydrogen) atoms. The molecule has 1 aliphatic heterocycles. The van der Waals surface area contributed by atoms with Crippen LogP contribution >= 0.6 is 11.6 Å². The summed E-state index contributed by atoms with van der Waals surface area (Å²) in [6, 6.07) is 1.20. The highest BCUT2D eigenvalue weighted by Gasteiger charge is 2.32. The number of anilines is 1. The molecule has 1 aromatic rings. The highest BCUT2D eigenvalue weighted by Crippen LogP contribution is 2.33. The average Bonchev–Trinajstić information content (AvgIpc) is 2.90. The molecule has 0 bridgehead atoms. The number of carbonyl (C=O) groups is 1. The van der Waals surface area contributed by atoms with Crippen molar-refractivity contribution in [3.05, 3.63) is 22.8 Å². The van der Waals surface area contributed by atoms with Crippen molar-refractivity contribution in [1.29, 1.82) is 0 Å². The van der Waals surface area contributed by atoms with Crippen LogP contribution in [0.15, 0.2) is 12.3 Å². The number of hydrogen-bond acceptors (Lipinski definition) is 4. The van der Waals surface area contributed by atoms with Gasteiger partial charge < -0.3 is 10.2 Å². The summed E-state index contributed by atoms with van der Waals surface area (Å²) in [5, 5.41) is 3.14. The van der Waals surface area contributed by atoms with Crippen molar-refractivity contribution < 1.29 is 18.0 Å². The quantitative estimate of drug-likeness (QED) is 0.757. The summed E-state index contributed by atoms with van der Waals surface area (Å²) in [6.07, 6.45) is 3.29. The van der Waals surface area contributed by atoms with E-state index in [4.69, 9.17) is 11.6 Å². The largest absolute Gasteiger partial charge is 0.417 e. The number of alkyl halides is 3. The first-order valence-electron chi connectivity index (χ1n) is 9.82. The maximum atomic E-state index is 12.7. The fourth-order valence-corrected chi connectivity index (χ4v) is 4.12. The Bertz CT molecular complexity index is 670. The normalized spacial score (nSPS) is 20.1. The minimum atomic E-state index is -4.46. The fourth-order valence-electron chi connectivity index (χ4n) is 3.84. The lowest BCUT2D eigenvalue weighted by atomic mass is 10.1. The molecule has 3 rings (SSSR count). The lowest BCUT2D eigenvalue weighted by Gasteiger charge is -2.35. The zero-order valence-electron chi connectivity index (χ0n) is 15.8. The lowest BCUT2D eigenvalue weighted by molar-refractivity contribution is -0.137. The predicted molar refractivity (Wildman–Crippen MR) is 103 cm³/mol. The van der Waals surface area contributed by atoms with Crippen LogP contribution in [0.5, 0.6) is 0 Å². The van der Waals surface area contributed by atoms with Gasteiger partial charge >= 0.3 is 6.18 Å². The molecule has 1 aromatic heterocycles. The third-order valence-electron chi connectivity index (χ3n) is 5.41. The Morgan fingerprint density at radius 3 is 2.36 bits per heavy atom. The van der Waals surface area contributed by atoms with Crippen LogP contribution in [0, 0.1) is 0 Å². The van der Waals surface area contributed by atoms with Crippen LogP contribution in [0.3, 0.4) is 0 Å². The van der Waals surface area contributed by atoms with E-state index in [-0.39, 0.29) is 17.0 Å². The molecular weight excluding hydrogens is 393 g/mol. The van der Waals surface area contributed by atoms with Crippen LogP contribution in [-0.4, -0.2) is 54.6 Å². The average molecular weight is 419 g/mol. The molecule has 9 heteroatoms.